The summed E-state index contributed by atoms with van der Waals surface area (Å²) in [5, 5.41) is 3.36. The Kier molecular flexibility index (Phi) is 1.15. The highest BCUT2D eigenvalue weighted by Crippen LogP contribution is 2.01. The van der Waals surface area contributed by atoms with E-state index in [0.29, 0.717) is 6.42 Å². The van der Waals surface area contributed by atoms with Gasteiger partial charge in [0.1, 0.15) is 0 Å². The summed E-state index contributed by atoms with van der Waals surface area (Å²) in [6, 6.07) is 0. The van der Waals surface area contributed by atoms with Crippen molar-refractivity contribution in [2.24, 2.45) is 10.9 Å². The normalized spacial score (nSPS) is 25.2. The number of primary amides is 1. The van der Waals surface area contributed by atoms with Gasteiger partial charge in [-0.15, -0.1) is 0 Å². The summed E-state index contributed by atoms with van der Waals surface area (Å²) in [5.74, 6) is -0.456. The second-order valence-corrected chi connectivity index (χ2v) is 1.52. The van der Waals surface area contributed by atoms with E-state index in [4.69, 9.17) is 5.73 Å². The zero-order valence-corrected chi connectivity index (χ0v) is 4.20. The number of rotatable bonds is 1. The lowest BCUT2D eigenvalue weighted by atomic mass is 10.3. The van der Waals surface area contributed by atoms with Crippen LogP contribution in [0.25, 0.3) is 0 Å². The second kappa shape index (κ2) is 1.81. The van der Waals surface area contributed by atoms with E-state index in [2.05, 4.69) is 9.99 Å². The molecule has 4 heteroatoms. The fourth-order valence-electron chi connectivity index (χ4n) is 0.466. The van der Waals surface area contributed by atoms with Crippen LogP contribution in [0.1, 0.15) is 6.42 Å². The number of oxime groups is 1. The van der Waals surface area contributed by atoms with Gasteiger partial charge in [-0.25, -0.2) is 0 Å². The van der Waals surface area contributed by atoms with E-state index in [0.717, 1.165) is 0 Å². The van der Waals surface area contributed by atoms with Crippen molar-refractivity contribution in [3.8, 4) is 0 Å². The molecule has 0 aromatic heterocycles. The van der Waals surface area contributed by atoms with Crippen LogP contribution >= 0.6 is 0 Å². The first kappa shape index (κ1) is 5.08. The maximum Gasteiger partial charge on any atom is 0.261 e. The van der Waals surface area contributed by atoms with Gasteiger partial charge in [0.2, 0.25) is 6.10 Å². The van der Waals surface area contributed by atoms with E-state index in [1.54, 1.807) is 0 Å². The lowest BCUT2D eigenvalue weighted by Crippen LogP contribution is -2.27. The topological polar surface area (TPSA) is 64.7 Å². The molecule has 0 saturated carbocycles. The van der Waals surface area contributed by atoms with Crippen molar-refractivity contribution < 1.29 is 9.63 Å². The summed E-state index contributed by atoms with van der Waals surface area (Å²) in [6.45, 7) is 0. The fourth-order valence-corrected chi connectivity index (χ4v) is 0.466. The molecule has 1 rings (SSSR count). The van der Waals surface area contributed by atoms with E-state index in [-0.39, 0.29) is 0 Å². The van der Waals surface area contributed by atoms with Crippen molar-refractivity contribution in [1.29, 1.82) is 0 Å². The van der Waals surface area contributed by atoms with Crippen molar-refractivity contribution >= 4 is 12.1 Å². The van der Waals surface area contributed by atoms with Gasteiger partial charge in [0.05, 0.1) is 0 Å². The Bertz CT molecular complexity index is 124. The molecular weight excluding hydrogens is 108 g/mol. The second-order valence-electron chi connectivity index (χ2n) is 1.52. The molecule has 44 valence electrons. The quantitative estimate of drug-likeness (QED) is 0.487. The van der Waals surface area contributed by atoms with Crippen molar-refractivity contribution in [2.45, 2.75) is 12.5 Å². The van der Waals surface area contributed by atoms with Crippen molar-refractivity contribution in [1.82, 2.24) is 0 Å². The van der Waals surface area contributed by atoms with Crippen LogP contribution in [-0.2, 0) is 9.63 Å². The Hall–Kier alpha value is -1.06. The minimum atomic E-state index is -0.519. The van der Waals surface area contributed by atoms with Gasteiger partial charge in [-0.05, 0) is 0 Å². The molecule has 1 unspecified atom stereocenters. The average molecular weight is 114 g/mol. The minimum absolute atomic E-state index is 0.456. The van der Waals surface area contributed by atoms with Gasteiger partial charge < -0.3 is 10.6 Å². The number of nitrogens with two attached hydrogens (primary N) is 1. The predicted molar refractivity (Wildman–Crippen MR) is 27.2 cm³/mol. The van der Waals surface area contributed by atoms with Crippen molar-refractivity contribution in [2.75, 3.05) is 0 Å². The van der Waals surface area contributed by atoms with Crippen LogP contribution in [-0.4, -0.2) is 18.2 Å². The summed E-state index contributed by atoms with van der Waals surface area (Å²) in [4.78, 5) is 14.7. The molecule has 0 saturated heterocycles. The molecule has 0 fully saturated rings. The first-order valence-corrected chi connectivity index (χ1v) is 2.27. The Morgan fingerprint density at radius 1 is 2.00 bits per heavy atom. The maximum absolute atomic E-state index is 10.2. The van der Waals surface area contributed by atoms with Gasteiger partial charge in [-0.1, -0.05) is 5.16 Å². The molecule has 0 spiro atoms. The third-order valence-electron chi connectivity index (χ3n) is 0.899. The molecule has 1 aliphatic heterocycles. The van der Waals surface area contributed by atoms with Gasteiger partial charge in [-0.2, -0.15) is 0 Å². The molecule has 1 heterocycles. The highest BCUT2D eigenvalue weighted by atomic mass is 16.6. The van der Waals surface area contributed by atoms with Crippen LogP contribution in [0.15, 0.2) is 5.16 Å². The monoisotopic (exact) mass is 114 g/mol. The van der Waals surface area contributed by atoms with Crippen LogP contribution < -0.4 is 5.73 Å². The van der Waals surface area contributed by atoms with Crippen molar-refractivity contribution in [3.63, 3.8) is 0 Å². The number of carbonyl (C=O) groups is 1. The molecule has 0 bridgehead atoms. The third kappa shape index (κ3) is 0.776. The molecule has 2 N–H and O–H groups in total. The van der Waals surface area contributed by atoms with Crippen LogP contribution in [0.3, 0.4) is 0 Å². The van der Waals surface area contributed by atoms with Gasteiger partial charge in [0.25, 0.3) is 5.91 Å². The molecule has 1 aliphatic rings. The van der Waals surface area contributed by atoms with Crippen LogP contribution in [0.4, 0.5) is 0 Å². The van der Waals surface area contributed by atoms with Gasteiger partial charge in [0, 0.05) is 12.6 Å². The Balaban J connectivity index is 2.41. The Labute approximate surface area is 46.3 Å². The van der Waals surface area contributed by atoms with E-state index in [9.17, 15) is 4.79 Å². The van der Waals surface area contributed by atoms with Crippen LogP contribution in [0, 0.1) is 0 Å². The van der Waals surface area contributed by atoms with E-state index in [1.807, 2.05) is 0 Å². The smallest absolute Gasteiger partial charge is 0.261 e. The number of amides is 1. The minimum Gasteiger partial charge on any atom is -0.382 e. The Morgan fingerprint density at radius 2 is 2.75 bits per heavy atom. The fraction of sp³-hybridized carbons (Fsp3) is 0.500. The number of hydrogen-bond acceptors (Lipinski definition) is 3. The molecule has 4 nitrogen and oxygen atoms in total. The first-order valence-electron chi connectivity index (χ1n) is 2.27. The maximum atomic E-state index is 10.2. The highest BCUT2D eigenvalue weighted by Gasteiger charge is 2.18. The first-order chi connectivity index (χ1) is 3.80. The largest absolute Gasteiger partial charge is 0.382 e. The number of nitrogens with zero attached hydrogens (tertiary/aromatic N) is 1. The molecule has 0 aromatic carbocycles. The lowest BCUT2D eigenvalue weighted by Gasteiger charge is -1.98. The molecule has 0 radical (unpaired) electrons. The summed E-state index contributed by atoms with van der Waals surface area (Å²) in [5.41, 5.74) is 4.85. The molecular formula is C4H6N2O2. The highest BCUT2D eigenvalue weighted by molar-refractivity contribution is 5.83. The van der Waals surface area contributed by atoms with Crippen LogP contribution in [0.2, 0.25) is 0 Å². The molecule has 0 aliphatic carbocycles. The predicted octanol–water partition coefficient (Wildman–Crippen LogP) is -0.754. The van der Waals surface area contributed by atoms with Gasteiger partial charge in [0.15, 0.2) is 0 Å². The molecule has 1 amide bonds. The summed E-state index contributed by atoms with van der Waals surface area (Å²) < 4.78 is 0. The van der Waals surface area contributed by atoms with Crippen molar-refractivity contribution in [3.05, 3.63) is 0 Å². The van der Waals surface area contributed by atoms with Gasteiger partial charge in [-0.3, -0.25) is 4.79 Å². The molecule has 8 heavy (non-hydrogen) atoms. The van der Waals surface area contributed by atoms with E-state index < -0.39 is 12.0 Å². The van der Waals surface area contributed by atoms with Gasteiger partial charge >= 0.3 is 0 Å². The standard InChI is InChI=1S/C4H6N2O2/c5-4(7)3-1-2-6-8-3/h2-3H,1H2,(H2,5,7). The van der Waals surface area contributed by atoms with Crippen LogP contribution in [0.5, 0.6) is 0 Å². The van der Waals surface area contributed by atoms with E-state index >= 15 is 0 Å². The zero-order chi connectivity index (χ0) is 5.98. The lowest BCUT2D eigenvalue weighted by molar-refractivity contribution is -0.127. The third-order valence-corrected chi connectivity index (χ3v) is 0.899. The Morgan fingerprint density at radius 3 is 3.00 bits per heavy atom. The molecule has 0 aromatic rings. The number of carbonyl (C=O) groups excluding carboxylic acids is 1. The number of hydrogen-bond donors (Lipinski definition) is 1. The summed E-state index contributed by atoms with van der Waals surface area (Å²) in [6.07, 6.45) is 1.51. The van der Waals surface area contributed by atoms with E-state index in [1.165, 1.54) is 6.21 Å². The SMILES string of the molecule is NC(=O)C1CC=NO1. The summed E-state index contributed by atoms with van der Waals surface area (Å²) >= 11 is 0. The zero-order valence-electron chi connectivity index (χ0n) is 4.20. The molecule has 1 atom stereocenters. The average Bonchev–Trinajstić information content (AvgIpc) is 2.12. The summed E-state index contributed by atoms with van der Waals surface area (Å²) in [7, 11) is 0.